The molecule has 1 aliphatic rings. The van der Waals surface area contributed by atoms with Crippen LogP contribution in [-0.2, 0) is 0 Å². The molecule has 0 radical (unpaired) electrons. The normalized spacial score (nSPS) is 20.4. The number of benzene rings is 1. The van der Waals surface area contributed by atoms with Gasteiger partial charge < -0.3 is 19.1 Å². The summed E-state index contributed by atoms with van der Waals surface area (Å²) in [6.07, 6.45) is -0.948. The minimum Gasteiger partial charge on any atom is -0.485 e. The molecule has 1 aromatic carbocycles. The van der Waals surface area contributed by atoms with Crippen molar-refractivity contribution in [1.82, 2.24) is 10.1 Å². The fraction of sp³-hybridized carbons (Fsp3) is 0.429. The minimum absolute atomic E-state index is 0.215. The van der Waals surface area contributed by atoms with Crippen LogP contribution < -0.4 is 9.47 Å². The van der Waals surface area contributed by atoms with E-state index in [2.05, 4.69) is 10.1 Å². The third-order valence-corrected chi connectivity index (χ3v) is 3.37. The number of rotatable bonds is 3. The molecule has 3 atom stereocenters. The molecule has 0 amide bonds. The van der Waals surface area contributed by atoms with Crippen molar-refractivity contribution in [2.24, 2.45) is 0 Å². The van der Waals surface area contributed by atoms with Crippen LogP contribution in [0.2, 0.25) is 0 Å². The third kappa shape index (κ3) is 2.34. The molecule has 0 fully saturated rings. The van der Waals surface area contributed by atoms with Crippen LogP contribution in [0.3, 0.4) is 0 Å². The second kappa shape index (κ2) is 5.13. The maximum absolute atomic E-state index is 9.54. The zero-order chi connectivity index (χ0) is 14.1. The molecule has 0 bridgehead atoms. The van der Waals surface area contributed by atoms with Crippen LogP contribution in [0.25, 0.3) is 0 Å². The van der Waals surface area contributed by atoms with Crippen molar-refractivity contribution < 1.29 is 19.1 Å². The van der Waals surface area contributed by atoms with E-state index in [9.17, 15) is 5.11 Å². The highest BCUT2D eigenvalue weighted by Crippen LogP contribution is 2.35. The Bertz CT molecular complexity index is 596. The molecule has 106 valence electrons. The summed E-state index contributed by atoms with van der Waals surface area (Å²) in [5.41, 5.74) is 0. The largest absolute Gasteiger partial charge is 0.485 e. The molecule has 0 saturated carbocycles. The standard InChI is InChI=1S/C14H16N2O4/c1-8(9(2)17)14-15-13(16-20-14)12-7-18-10-5-3-4-6-11(10)19-12/h3-6,8-9,12,17H,7H2,1-2H3. The predicted octanol–water partition coefficient (Wildman–Crippen LogP) is 2.07. The number of fused-ring (bicyclic) bond motifs is 1. The van der Waals surface area contributed by atoms with Crippen LogP contribution in [0, 0.1) is 0 Å². The summed E-state index contributed by atoms with van der Waals surface area (Å²) in [5.74, 6) is 2.00. The lowest BCUT2D eigenvalue weighted by Crippen LogP contribution is -2.22. The lowest BCUT2D eigenvalue weighted by atomic mass is 10.1. The van der Waals surface area contributed by atoms with Gasteiger partial charge in [-0.1, -0.05) is 24.2 Å². The molecule has 6 nitrogen and oxygen atoms in total. The van der Waals surface area contributed by atoms with E-state index in [0.717, 1.165) is 0 Å². The average molecular weight is 276 g/mol. The van der Waals surface area contributed by atoms with Gasteiger partial charge >= 0.3 is 0 Å². The highest BCUT2D eigenvalue weighted by Gasteiger charge is 2.28. The monoisotopic (exact) mass is 276 g/mol. The molecule has 1 N–H and O–H groups in total. The summed E-state index contributed by atoms with van der Waals surface area (Å²) < 4.78 is 16.6. The first kappa shape index (κ1) is 12.9. The van der Waals surface area contributed by atoms with E-state index in [1.807, 2.05) is 31.2 Å². The number of aliphatic hydroxyl groups excluding tert-OH is 1. The first-order valence-corrected chi connectivity index (χ1v) is 6.55. The number of para-hydroxylation sites is 2. The Morgan fingerprint density at radius 2 is 2.00 bits per heavy atom. The average Bonchev–Trinajstić information content (AvgIpc) is 2.95. The molecule has 6 heteroatoms. The van der Waals surface area contributed by atoms with Crippen LogP contribution in [0.1, 0.15) is 37.6 Å². The Balaban J connectivity index is 1.78. The van der Waals surface area contributed by atoms with Crippen molar-refractivity contribution in [3.05, 3.63) is 36.0 Å². The molecule has 3 unspecified atom stereocenters. The molecule has 1 aromatic heterocycles. The van der Waals surface area contributed by atoms with E-state index < -0.39 is 12.2 Å². The zero-order valence-electron chi connectivity index (χ0n) is 11.3. The maximum Gasteiger partial charge on any atom is 0.232 e. The van der Waals surface area contributed by atoms with Crippen molar-refractivity contribution in [2.45, 2.75) is 32.0 Å². The first-order valence-electron chi connectivity index (χ1n) is 6.55. The van der Waals surface area contributed by atoms with Gasteiger partial charge in [-0.05, 0) is 19.1 Å². The molecule has 2 heterocycles. The minimum atomic E-state index is -0.549. The second-order valence-corrected chi connectivity index (χ2v) is 4.88. The smallest absolute Gasteiger partial charge is 0.232 e. The van der Waals surface area contributed by atoms with Gasteiger partial charge in [-0.15, -0.1) is 0 Å². The SMILES string of the molecule is CC(O)C(C)c1nc(C2COc3ccccc3O2)no1. The molecule has 1 aliphatic heterocycles. The van der Waals surface area contributed by atoms with E-state index in [4.69, 9.17) is 14.0 Å². The number of aromatic nitrogens is 2. The summed E-state index contributed by atoms with van der Waals surface area (Å²) in [5, 5.41) is 13.5. The topological polar surface area (TPSA) is 77.6 Å². The molecule has 0 spiro atoms. The van der Waals surface area contributed by atoms with E-state index >= 15 is 0 Å². The van der Waals surface area contributed by atoms with Crippen LogP contribution >= 0.6 is 0 Å². The highest BCUT2D eigenvalue weighted by molar-refractivity contribution is 5.40. The van der Waals surface area contributed by atoms with Gasteiger partial charge in [-0.25, -0.2) is 0 Å². The van der Waals surface area contributed by atoms with Crippen molar-refractivity contribution in [3.8, 4) is 11.5 Å². The Morgan fingerprint density at radius 1 is 1.25 bits per heavy atom. The van der Waals surface area contributed by atoms with Crippen LogP contribution in [0.4, 0.5) is 0 Å². The zero-order valence-corrected chi connectivity index (χ0v) is 11.3. The molecule has 20 heavy (non-hydrogen) atoms. The van der Waals surface area contributed by atoms with Crippen molar-refractivity contribution >= 4 is 0 Å². The fourth-order valence-corrected chi connectivity index (χ4v) is 1.92. The van der Waals surface area contributed by atoms with Gasteiger partial charge in [0.15, 0.2) is 17.6 Å². The Kier molecular flexibility index (Phi) is 3.31. The molecule has 0 saturated heterocycles. The molecular weight excluding hydrogens is 260 g/mol. The van der Waals surface area contributed by atoms with E-state index in [0.29, 0.717) is 29.8 Å². The number of nitrogens with zero attached hydrogens (tertiary/aromatic N) is 2. The molecule has 3 rings (SSSR count). The Hall–Kier alpha value is -2.08. The second-order valence-electron chi connectivity index (χ2n) is 4.88. The van der Waals surface area contributed by atoms with Crippen LogP contribution in [-0.4, -0.2) is 28.0 Å². The van der Waals surface area contributed by atoms with Crippen molar-refractivity contribution in [2.75, 3.05) is 6.61 Å². The third-order valence-electron chi connectivity index (χ3n) is 3.37. The molecule has 2 aromatic rings. The first-order chi connectivity index (χ1) is 9.65. The quantitative estimate of drug-likeness (QED) is 0.924. The molecular formula is C14H16N2O4. The number of hydrogen-bond donors (Lipinski definition) is 1. The lowest BCUT2D eigenvalue weighted by Gasteiger charge is -2.24. The Morgan fingerprint density at radius 3 is 2.75 bits per heavy atom. The summed E-state index contributed by atoms with van der Waals surface area (Å²) in [4.78, 5) is 4.29. The fourth-order valence-electron chi connectivity index (χ4n) is 1.92. The summed E-state index contributed by atoms with van der Waals surface area (Å²) in [6.45, 7) is 3.85. The van der Waals surface area contributed by atoms with E-state index in [1.54, 1.807) is 6.92 Å². The van der Waals surface area contributed by atoms with Gasteiger partial charge in [0.25, 0.3) is 0 Å². The van der Waals surface area contributed by atoms with Crippen molar-refractivity contribution in [1.29, 1.82) is 0 Å². The highest BCUT2D eigenvalue weighted by atomic mass is 16.6. The van der Waals surface area contributed by atoms with Gasteiger partial charge in [0, 0.05) is 0 Å². The van der Waals surface area contributed by atoms with Gasteiger partial charge in [0.05, 0.1) is 12.0 Å². The summed E-state index contributed by atoms with van der Waals surface area (Å²) in [7, 11) is 0. The number of aliphatic hydroxyl groups is 1. The summed E-state index contributed by atoms with van der Waals surface area (Å²) >= 11 is 0. The van der Waals surface area contributed by atoms with E-state index in [1.165, 1.54) is 0 Å². The van der Waals surface area contributed by atoms with Gasteiger partial charge in [-0.2, -0.15) is 4.98 Å². The van der Waals surface area contributed by atoms with Crippen LogP contribution in [0.5, 0.6) is 11.5 Å². The predicted molar refractivity (Wildman–Crippen MR) is 69.7 cm³/mol. The maximum atomic E-state index is 9.54. The summed E-state index contributed by atoms with van der Waals surface area (Å²) in [6, 6.07) is 7.45. The number of ether oxygens (including phenoxy) is 2. The van der Waals surface area contributed by atoms with Crippen LogP contribution in [0.15, 0.2) is 28.8 Å². The Labute approximate surface area is 116 Å². The number of hydrogen-bond acceptors (Lipinski definition) is 6. The van der Waals surface area contributed by atoms with Gasteiger partial charge in [0.1, 0.15) is 6.61 Å². The van der Waals surface area contributed by atoms with Gasteiger partial charge in [-0.3, -0.25) is 0 Å². The molecule has 0 aliphatic carbocycles. The van der Waals surface area contributed by atoms with Gasteiger partial charge in [0.2, 0.25) is 11.7 Å². The van der Waals surface area contributed by atoms with E-state index in [-0.39, 0.29) is 5.92 Å². The van der Waals surface area contributed by atoms with Crippen molar-refractivity contribution in [3.63, 3.8) is 0 Å². The lowest BCUT2D eigenvalue weighted by molar-refractivity contribution is 0.0832.